The second-order valence-corrected chi connectivity index (χ2v) is 6.20. The van der Waals surface area contributed by atoms with E-state index < -0.39 is 0 Å². The predicted molar refractivity (Wildman–Crippen MR) is 85.6 cm³/mol. The Bertz CT molecular complexity index is 541. The Morgan fingerprint density at radius 3 is 2.71 bits per heavy atom. The monoisotopic (exact) mass is 309 g/mol. The van der Waals surface area contributed by atoms with Crippen molar-refractivity contribution in [2.75, 3.05) is 25.0 Å². The molecule has 0 unspecified atom stereocenters. The molecular formula is C15H20FN3OS. The van der Waals surface area contributed by atoms with Crippen LogP contribution in [0.2, 0.25) is 0 Å². The molecule has 1 aliphatic rings. The molecule has 4 nitrogen and oxygen atoms in total. The zero-order chi connectivity index (χ0) is 15.5. The highest BCUT2D eigenvalue weighted by molar-refractivity contribution is 7.80. The first kappa shape index (κ1) is 15.9. The average molecular weight is 309 g/mol. The third-order valence-corrected chi connectivity index (χ3v) is 4.52. The molecule has 1 aliphatic heterocycles. The van der Waals surface area contributed by atoms with E-state index in [0.29, 0.717) is 17.2 Å². The van der Waals surface area contributed by atoms with Gasteiger partial charge in [0.25, 0.3) is 0 Å². The van der Waals surface area contributed by atoms with E-state index in [9.17, 15) is 9.18 Å². The van der Waals surface area contributed by atoms with Gasteiger partial charge in [0.15, 0.2) is 0 Å². The maximum absolute atomic E-state index is 13.1. The molecule has 1 saturated heterocycles. The van der Waals surface area contributed by atoms with Gasteiger partial charge in [-0.15, -0.1) is 0 Å². The summed E-state index contributed by atoms with van der Waals surface area (Å²) in [5.41, 5.74) is 6.13. The second kappa shape index (κ2) is 6.49. The van der Waals surface area contributed by atoms with Gasteiger partial charge in [0.2, 0.25) is 5.91 Å². The van der Waals surface area contributed by atoms with Gasteiger partial charge in [0, 0.05) is 11.1 Å². The molecule has 2 rings (SSSR count). The number of anilines is 1. The number of halogens is 1. The van der Waals surface area contributed by atoms with Gasteiger partial charge >= 0.3 is 0 Å². The number of hydrogen-bond donors (Lipinski definition) is 2. The fraction of sp³-hybridized carbons (Fsp3) is 0.467. The number of likely N-dealkylation sites (tertiary alicyclic amines) is 1. The van der Waals surface area contributed by atoms with Crippen LogP contribution in [0.4, 0.5) is 10.1 Å². The Morgan fingerprint density at radius 2 is 2.14 bits per heavy atom. The van der Waals surface area contributed by atoms with E-state index in [4.69, 9.17) is 18.0 Å². The van der Waals surface area contributed by atoms with E-state index in [0.717, 1.165) is 25.9 Å². The summed E-state index contributed by atoms with van der Waals surface area (Å²) >= 11 is 5.10. The Balaban J connectivity index is 1.83. The van der Waals surface area contributed by atoms with Crippen LogP contribution in [0.1, 0.15) is 19.8 Å². The number of thiocarbonyl (C=S) groups is 1. The average Bonchev–Trinajstić information content (AvgIpc) is 2.41. The second-order valence-electron chi connectivity index (χ2n) is 5.76. The van der Waals surface area contributed by atoms with E-state index in [1.165, 1.54) is 12.1 Å². The van der Waals surface area contributed by atoms with Crippen LogP contribution in [0.5, 0.6) is 0 Å². The van der Waals surface area contributed by atoms with Gasteiger partial charge in [-0.05, 0) is 44.1 Å². The molecule has 6 heteroatoms. The van der Waals surface area contributed by atoms with Crippen molar-refractivity contribution in [3.8, 4) is 0 Å². The first-order valence-corrected chi connectivity index (χ1v) is 7.37. The lowest BCUT2D eigenvalue weighted by Crippen LogP contribution is -2.46. The number of benzene rings is 1. The van der Waals surface area contributed by atoms with Gasteiger partial charge in [0.05, 0.1) is 11.5 Å². The number of amides is 1. The number of piperidine rings is 1. The molecule has 3 N–H and O–H groups in total. The zero-order valence-corrected chi connectivity index (χ0v) is 12.9. The molecule has 0 aliphatic carbocycles. The zero-order valence-electron chi connectivity index (χ0n) is 12.1. The molecule has 1 heterocycles. The van der Waals surface area contributed by atoms with Crippen molar-refractivity contribution in [3.63, 3.8) is 0 Å². The van der Waals surface area contributed by atoms with Crippen molar-refractivity contribution in [2.24, 2.45) is 11.1 Å². The highest BCUT2D eigenvalue weighted by Gasteiger charge is 2.32. The lowest BCUT2D eigenvalue weighted by Gasteiger charge is -2.38. The smallest absolute Gasteiger partial charge is 0.238 e. The maximum atomic E-state index is 13.1. The molecule has 0 saturated carbocycles. The van der Waals surface area contributed by atoms with Crippen LogP contribution in [0.15, 0.2) is 24.3 Å². The van der Waals surface area contributed by atoms with Crippen LogP contribution in [-0.2, 0) is 4.79 Å². The molecule has 1 aromatic carbocycles. The molecule has 114 valence electrons. The van der Waals surface area contributed by atoms with Gasteiger partial charge in [-0.3, -0.25) is 9.69 Å². The molecular weight excluding hydrogens is 289 g/mol. The SMILES string of the molecule is CC1(C(N)=S)CCN(CC(=O)Nc2cccc(F)c2)CC1. The number of carbonyl (C=O) groups is 1. The number of rotatable bonds is 4. The molecule has 0 radical (unpaired) electrons. The first-order valence-electron chi connectivity index (χ1n) is 6.97. The minimum absolute atomic E-state index is 0.106. The van der Waals surface area contributed by atoms with Crippen LogP contribution >= 0.6 is 12.2 Å². The van der Waals surface area contributed by atoms with E-state index >= 15 is 0 Å². The molecule has 0 spiro atoms. The standard InChI is InChI=1S/C15H20FN3OS/c1-15(14(17)21)5-7-19(8-6-15)10-13(20)18-12-4-2-3-11(16)9-12/h2-4,9H,5-8,10H2,1H3,(H2,17,21)(H,18,20). The molecule has 21 heavy (non-hydrogen) atoms. The molecule has 0 aromatic heterocycles. The summed E-state index contributed by atoms with van der Waals surface area (Å²) in [6.07, 6.45) is 1.71. The number of nitrogens with two attached hydrogens (primary N) is 1. The third kappa shape index (κ3) is 4.22. The van der Waals surface area contributed by atoms with Crippen LogP contribution in [0.3, 0.4) is 0 Å². The van der Waals surface area contributed by atoms with Gasteiger partial charge in [-0.2, -0.15) is 0 Å². The lowest BCUT2D eigenvalue weighted by molar-refractivity contribution is -0.117. The minimum atomic E-state index is -0.363. The normalized spacial score (nSPS) is 18.2. The summed E-state index contributed by atoms with van der Waals surface area (Å²) in [6.45, 7) is 3.93. The van der Waals surface area contributed by atoms with Gasteiger partial charge < -0.3 is 11.1 Å². The fourth-order valence-corrected chi connectivity index (χ4v) is 2.63. The summed E-state index contributed by atoms with van der Waals surface area (Å²) in [5, 5.41) is 2.70. The van der Waals surface area contributed by atoms with Gasteiger partial charge in [-0.25, -0.2) is 4.39 Å². The number of nitrogens with zero attached hydrogens (tertiary/aromatic N) is 1. The van der Waals surface area contributed by atoms with E-state index in [1.807, 2.05) is 0 Å². The Morgan fingerprint density at radius 1 is 1.48 bits per heavy atom. The predicted octanol–water partition coefficient (Wildman–Crippen LogP) is 2.15. The number of hydrogen-bond acceptors (Lipinski definition) is 3. The molecule has 1 amide bonds. The van der Waals surface area contributed by atoms with Crippen LogP contribution < -0.4 is 11.1 Å². The fourth-order valence-electron chi connectivity index (χ4n) is 2.42. The van der Waals surface area contributed by atoms with Gasteiger partial charge in [-0.1, -0.05) is 25.2 Å². The lowest BCUT2D eigenvalue weighted by atomic mass is 9.80. The molecule has 1 fully saturated rings. The molecule has 0 bridgehead atoms. The van der Waals surface area contributed by atoms with Gasteiger partial charge in [0.1, 0.15) is 5.82 Å². The van der Waals surface area contributed by atoms with Crippen molar-refractivity contribution in [2.45, 2.75) is 19.8 Å². The van der Waals surface area contributed by atoms with Crippen molar-refractivity contribution in [1.29, 1.82) is 0 Å². The van der Waals surface area contributed by atoms with Crippen molar-refractivity contribution >= 4 is 28.8 Å². The summed E-state index contributed by atoms with van der Waals surface area (Å²) in [6, 6.07) is 5.88. The van der Waals surface area contributed by atoms with Crippen molar-refractivity contribution in [1.82, 2.24) is 4.90 Å². The Hall–Kier alpha value is -1.53. The van der Waals surface area contributed by atoms with Crippen molar-refractivity contribution in [3.05, 3.63) is 30.1 Å². The largest absolute Gasteiger partial charge is 0.393 e. The summed E-state index contributed by atoms with van der Waals surface area (Å²) < 4.78 is 13.1. The Labute approximate surface area is 129 Å². The highest BCUT2D eigenvalue weighted by Crippen LogP contribution is 2.30. The van der Waals surface area contributed by atoms with Crippen LogP contribution in [-0.4, -0.2) is 35.4 Å². The summed E-state index contributed by atoms with van der Waals surface area (Å²) in [5.74, 6) is -0.502. The van der Waals surface area contributed by atoms with Crippen molar-refractivity contribution < 1.29 is 9.18 Å². The summed E-state index contributed by atoms with van der Waals surface area (Å²) in [4.78, 5) is 14.6. The highest BCUT2D eigenvalue weighted by atomic mass is 32.1. The topological polar surface area (TPSA) is 58.4 Å². The third-order valence-electron chi connectivity index (χ3n) is 4.03. The van der Waals surface area contributed by atoms with E-state index in [-0.39, 0.29) is 17.1 Å². The number of nitrogens with one attached hydrogen (secondary N) is 1. The van der Waals surface area contributed by atoms with Crippen LogP contribution in [0.25, 0.3) is 0 Å². The number of carbonyl (C=O) groups excluding carboxylic acids is 1. The van der Waals surface area contributed by atoms with E-state index in [2.05, 4.69) is 17.1 Å². The molecule has 1 aromatic rings. The Kier molecular flexibility index (Phi) is 4.90. The quantitative estimate of drug-likeness (QED) is 0.837. The molecule has 0 atom stereocenters. The minimum Gasteiger partial charge on any atom is -0.393 e. The maximum Gasteiger partial charge on any atom is 0.238 e. The first-order chi connectivity index (χ1) is 9.89. The summed E-state index contributed by atoms with van der Waals surface area (Å²) in [7, 11) is 0. The van der Waals surface area contributed by atoms with Crippen LogP contribution in [0, 0.1) is 11.2 Å². The van der Waals surface area contributed by atoms with E-state index in [1.54, 1.807) is 12.1 Å².